The van der Waals surface area contributed by atoms with Gasteiger partial charge in [0, 0.05) is 6.42 Å². The predicted octanol–water partition coefficient (Wildman–Crippen LogP) is 3.63. The number of hydrogen-bond donors (Lipinski definition) is 0. The highest BCUT2D eigenvalue weighted by molar-refractivity contribution is 5.68. The molecule has 0 aromatic heterocycles. The lowest BCUT2D eigenvalue weighted by molar-refractivity contribution is -0.140. The molecule has 0 aromatic rings. The van der Waals surface area contributed by atoms with Gasteiger partial charge in [0.25, 0.3) is 0 Å². The molecule has 0 aromatic carbocycles. The van der Waals surface area contributed by atoms with Gasteiger partial charge in [-0.25, -0.2) is 0 Å². The molecular weight excluding hydrogens is 188 g/mol. The third-order valence-corrected chi connectivity index (χ3v) is 2.17. The van der Waals surface area contributed by atoms with Gasteiger partial charge in [-0.2, -0.15) is 0 Å². The van der Waals surface area contributed by atoms with E-state index in [1.54, 1.807) is 0 Å². The second-order valence-corrected chi connectivity index (χ2v) is 3.47. The summed E-state index contributed by atoms with van der Waals surface area (Å²) in [5, 5.41) is 0. The lowest BCUT2D eigenvalue weighted by atomic mass is 10.1. The van der Waals surface area contributed by atoms with Gasteiger partial charge in [-0.3, -0.25) is 4.79 Å². The Labute approximate surface area is 93.0 Å². The Kier molecular flexibility index (Phi) is 8.84. The van der Waals surface area contributed by atoms with Crippen molar-refractivity contribution in [2.24, 2.45) is 0 Å². The zero-order valence-electron chi connectivity index (χ0n) is 10.1. The van der Waals surface area contributed by atoms with Crippen LogP contribution >= 0.6 is 0 Å². The molecule has 0 unspecified atom stereocenters. The molecule has 0 aliphatic heterocycles. The van der Waals surface area contributed by atoms with Crippen molar-refractivity contribution in [3.8, 4) is 0 Å². The van der Waals surface area contributed by atoms with E-state index >= 15 is 0 Å². The van der Waals surface area contributed by atoms with Crippen LogP contribution in [0.25, 0.3) is 0 Å². The fourth-order valence-corrected chi connectivity index (χ4v) is 1.43. The van der Waals surface area contributed by atoms with E-state index in [2.05, 4.69) is 29.9 Å². The number of esters is 1. The van der Waals surface area contributed by atoms with Crippen LogP contribution in [0.1, 0.15) is 46.0 Å². The number of rotatable bonds is 7. The molecule has 0 fully saturated rings. The Bertz CT molecular complexity index is 227. The van der Waals surface area contributed by atoms with Crippen molar-refractivity contribution >= 4 is 5.97 Å². The second kappa shape index (κ2) is 9.50. The average Bonchev–Trinajstić information content (AvgIpc) is 2.24. The highest BCUT2D eigenvalue weighted by atomic mass is 16.5. The van der Waals surface area contributed by atoms with Crippen LogP contribution in [0.5, 0.6) is 0 Å². The van der Waals surface area contributed by atoms with Gasteiger partial charge in [-0.05, 0) is 32.6 Å². The first-order chi connectivity index (χ1) is 7.24. The SMILES string of the molecule is C/C=C\C(=C/CC)CCCCC(=O)OC. The number of carbonyl (C=O) groups is 1. The zero-order valence-corrected chi connectivity index (χ0v) is 10.1. The van der Waals surface area contributed by atoms with Gasteiger partial charge >= 0.3 is 5.97 Å². The molecule has 0 bridgehead atoms. The molecule has 0 radical (unpaired) electrons. The van der Waals surface area contributed by atoms with Crippen LogP contribution in [0, 0.1) is 0 Å². The first kappa shape index (κ1) is 13.9. The molecular formula is C13H22O2. The quantitative estimate of drug-likeness (QED) is 0.364. The maximum atomic E-state index is 10.9. The lowest BCUT2D eigenvalue weighted by Gasteiger charge is -2.02. The monoisotopic (exact) mass is 210 g/mol. The van der Waals surface area contributed by atoms with Crippen molar-refractivity contribution in [2.75, 3.05) is 7.11 Å². The van der Waals surface area contributed by atoms with Crippen molar-refractivity contribution < 1.29 is 9.53 Å². The molecule has 0 heterocycles. The molecule has 0 rings (SSSR count). The van der Waals surface area contributed by atoms with Gasteiger partial charge in [0.1, 0.15) is 0 Å². The first-order valence-corrected chi connectivity index (χ1v) is 5.63. The number of ether oxygens (including phenoxy) is 1. The van der Waals surface area contributed by atoms with Crippen molar-refractivity contribution in [2.45, 2.75) is 46.0 Å². The van der Waals surface area contributed by atoms with Crippen LogP contribution < -0.4 is 0 Å². The van der Waals surface area contributed by atoms with Gasteiger partial charge in [-0.1, -0.05) is 30.7 Å². The van der Waals surface area contributed by atoms with Crippen LogP contribution in [-0.4, -0.2) is 13.1 Å². The zero-order chi connectivity index (χ0) is 11.5. The summed E-state index contributed by atoms with van der Waals surface area (Å²) in [6, 6.07) is 0. The van der Waals surface area contributed by atoms with E-state index in [0.29, 0.717) is 6.42 Å². The predicted molar refractivity (Wildman–Crippen MR) is 63.7 cm³/mol. The molecule has 15 heavy (non-hydrogen) atoms. The molecule has 0 spiro atoms. The maximum Gasteiger partial charge on any atom is 0.305 e. The summed E-state index contributed by atoms with van der Waals surface area (Å²) in [6.07, 6.45) is 11.0. The fraction of sp³-hybridized carbons (Fsp3) is 0.615. The number of carbonyl (C=O) groups excluding carboxylic acids is 1. The maximum absolute atomic E-state index is 10.9. The normalized spacial score (nSPS) is 12.1. The second-order valence-electron chi connectivity index (χ2n) is 3.47. The van der Waals surface area contributed by atoms with Crippen LogP contribution in [0.3, 0.4) is 0 Å². The number of hydrogen-bond acceptors (Lipinski definition) is 2. The summed E-state index contributed by atoms with van der Waals surface area (Å²) in [5.41, 5.74) is 1.37. The van der Waals surface area contributed by atoms with Crippen LogP contribution in [0.4, 0.5) is 0 Å². The summed E-state index contributed by atoms with van der Waals surface area (Å²) in [6.45, 7) is 4.16. The van der Waals surface area contributed by atoms with E-state index < -0.39 is 0 Å². The minimum Gasteiger partial charge on any atom is -0.469 e. The van der Waals surface area contributed by atoms with Gasteiger partial charge < -0.3 is 4.74 Å². The van der Waals surface area contributed by atoms with E-state index in [1.807, 2.05) is 6.92 Å². The topological polar surface area (TPSA) is 26.3 Å². The minimum atomic E-state index is -0.109. The molecule has 0 aliphatic carbocycles. The van der Waals surface area contributed by atoms with Gasteiger partial charge in [0.05, 0.1) is 7.11 Å². The average molecular weight is 210 g/mol. The summed E-state index contributed by atoms with van der Waals surface area (Å²) in [5.74, 6) is -0.109. The van der Waals surface area contributed by atoms with E-state index in [4.69, 9.17) is 0 Å². The fourth-order valence-electron chi connectivity index (χ4n) is 1.43. The molecule has 0 atom stereocenters. The van der Waals surface area contributed by atoms with Gasteiger partial charge in [-0.15, -0.1) is 0 Å². The highest BCUT2D eigenvalue weighted by Crippen LogP contribution is 2.11. The Morgan fingerprint density at radius 2 is 1.93 bits per heavy atom. The Morgan fingerprint density at radius 1 is 1.27 bits per heavy atom. The highest BCUT2D eigenvalue weighted by Gasteiger charge is 1.99. The molecule has 0 saturated carbocycles. The molecule has 86 valence electrons. The molecule has 0 amide bonds. The van der Waals surface area contributed by atoms with Crippen molar-refractivity contribution in [3.05, 3.63) is 23.8 Å². The molecule has 2 heteroatoms. The van der Waals surface area contributed by atoms with E-state index in [-0.39, 0.29) is 5.97 Å². The summed E-state index contributed by atoms with van der Waals surface area (Å²) < 4.78 is 4.58. The van der Waals surface area contributed by atoms with Gasteiger partial charge in [0.2, 0.25) is 0 Å². The third-order valence-electron chi connectivity index (χ3n) is 2.17. The van der Waals surface area contributed by atoms with E-state index in [9.17, 15) is 4.79 Å². The van der Waals surface area contributed by atoms with E-state index in [1.165, 1.54) is 12.7 Å². The largest absolute Gasteiger partial charge is 0.469 e. The third kappa shape index (κ3) is 7.98. The van der Waals surface area contributed by atoms with Crippen LogP contribution in [-0.2, 0) is 9.53 Å². The molecule has 0 N–H and O–H groups in total. The first-order valence-electron chi connectivity index (χ1n) is 5.63. The summed E-state index contributed by atoms with van der Waals surface area (Å²) in [4.78, 5) is 10.9. The standard InChI is InChI=1S/C13H22O2/c1-4-8-12(9-5-2)10-6-7-11-13(14)15-3/h4,8-9H,5-7,10-11H2,1-3H3/b8-4-,12-9+. The minimum absolute atomic E-state index is 0.109. The Hall–Kier alpha value is -1.05. The molecule has 2 nitrogen and oxygen atoms in total. The van der Waals surface area contributed by atoms with E-state index in [0.717, 1.165) is 25.7 Å². The molecule has 0 aliphatic rings. The lowest BCUT2D eigenvalue weighted by Crippen LogP contribution is -1.99. The number of methoxy groups -OCH3 is 1. The summed E-state index contributed by atoms with van der Waals surface area (Å²) in [7, 11) is 1.44. The molecule has 0 saturated heterocycles. The summed E-state index contributed by atoms with van der Waals surface area (Å²) >= 11 is 0. The van der Waals surface area contributed by atoms with Crippen molar-refractivity contribution in [1.82, 2.24) is 0 Å². The number of allylic oxidation sites excluding steroid dienone is 4. The van der Waals surface area contributed by atoms with Gasteiger partial charge in [0.15, 0.2) is 0 Å². The number of unbranched alkanes of at least 4 members (excludes halogenated alkanes) is 1. The van der Waals surface area contributed by atoms with Crippen molar-refractivity contribution in [1.29, 1.82) is 0 Å². The van der Waals surface area contributed by atoms with Crippen LogP contribution in [0.2, 0.25) is 0 Å². The Balaban J connectivity index is 3.72. The van der Waals surface area contributed by atoms with Crippen molar-refractivity contribution in [3.63, 3.8) is 0 Å². The Morgan fingerprint density at radius 3 is 2.47 bits per heavy atom. The smallest absolute Gasteiger partial charge is 0.305 e. The van der Waals surface area contributed by atoms with Crippen LogP contribution in [0.15, 0.2) is 23.8 Å².